The lowest BCUT2D eigenvalue weighted by Crippen LogP contribution is -2.14. The van der Waals surface area contributed by atoms with E-state index in [0.29, 0.717) is 16.6 Å². The highest BCUT2D eigenvalue weighted by Gasteiger charge is 2.15. The van der Waals surface area contributed by atoms with Gasteiger partial charge < -0.3 is 10.5 Å². The molecule has 20 heavy (non-hydrogen) atoms. The Hall–Kier alpha value is -1.99. The van der Waals surface area contributed by atoms with Crippen molar-refractivity contribution in [2.75, 3.05) is 12.4 Å². The van der Waals surface area contributed by atoms with E-state index in [9.17, 15) is 9.18 Å². The largest absolute Gasteiger partial charge is 0.497 e. The second-order valence-electron chi connectivity index (χ2n) is 4.17. The summed E-state index contributed by atoms with van der Waals surface area (Å²) in [5, 5.41) is 4.69. The molecular formula is C13H14FN3O2S. The maximum Gasteiger partial charge on any atom is 0.260 e. The van der Waals surface area contributed by atoms with Gasteiger partial charge in [0.15, 0.2) is 5.13 Å². The van der Waals surface area contributed by atoms with E-state index in [0.717, 1.165) is 6.07 Å². The molecule has 0 aliphatic rings. The van der Waals surface area contributed by atoms with E-state index in [4.69, 9.17) is 10.5 Å². The molecule has 1 aromatic carbocycles. The van der Waals surface area contributed by atoms with Gasteiger partial charge in [-0.05, 0) is 19.1 Å². The summed E-state index contributed by atoms with van der Waals surface area (Å²) >= 11 is 1.24. The zero-order valence-electron chi connectivity index (χ0n) is 11.0. The number of carbonyl (C=O) groups excluding carboxylic acids is 1. The summed E-state index contributed by atoms with van der Waals surface area (Å²) in [5.41, 5.74) is 6.30. The summed E-state index contributed by atoms with van der Waals surface area (Å²) in [5.74, 6) is -0.853. The van der Waals surface area contributed by atoms with Gasteiger partial charge in [0.2, 0.25) is 0 Å². The van der Waals surface area contributed by atoms with Crippen molar-refractivity contribution in [1.29, 1.82) is 0 Å². The summed E-state index contributed by atoms with van der Waals surface area (Å²) in [7, 11) is 1.43. The number of hydrogen-bond donors (Lipinski definition) is 2. The minimum atomic E-state index is -0.647. The molecule has 1 atom stereocenters. The summed E-state index contributed by atoms with van der Waals surface area (Å²) in [6.45, 7) is 1.80. The SMILES string of the molecule is COc1ccc(C(=O)Nc2nc(C(C)N)cs2)c(F)c1. The standard InChI is InChI=1S/C13H14FN3O2S/c1-7(15)11-6-20-13(16-11)17-12(18)9-4-3-8(19-2)5-10(9)14/h3-7H,15H2,1-2H3,(H,16,17,18). The van der Waals surface area contributed by atoms with Gasteiger partial charge in [0.1, 0.15) is 11.6 Å². The van der Waals surface area contributed by atoms with E-state index in [1.165, 1.54) is 30.6 Å². The topological polar surface area (TPSA) is 77.2 Å². The van der Waals surface area contributed by atoms with Crippen molar-refractivity contribution in [1.82, 2.24) is 4.98 Å². The zero-order chi connectivity index (χ0) is 14.7. The van der Waals surface area contributed by atoms with Gasteiger partial charge in [-0.1, -0.05) is 0 Å². The lowest BCUT2D eigenvalue weighted by molar-refractivity contribution is 0.102. The van der Waals surface area contributed by atoms with Crippen LogP contribution in [0.4, 0.5) is 9.52 Å². The van der Waals surface area contributed by atoms with E-state index in [1.807, 2.05) is 0 Å². The summed E-state index contributed by atoms with van der Waals surface area (Å²) in [6, 6.07) is 3.83. The Balaban J connectivity index is 2.15. The number of benzene rings is 1. The second kappa shape index (κ2) is 5.98. The number of nitrogens with zero attached hydrogens (tertiary/aromatic N) is 1. The predicted octanol–water partition coefficient (Wildman–Crippen LogP) is 2.56. The third kappa shape index (κ3) is 3.12. The van der Waals surface area contributed by atoms with E-state index in [2.05, 4.69) is 10.3 Å². The molecule has 0 saturated heterocycles. The van der Waals surface area contributed by atoms with Crippen LogP contribution in [0, 0.1) is 5.82 Å². The first kappa shape index (κ1) is 14.4. The molecule has 1 amide bonds. The van der Waals surface area contributed by atoms with Gasteiger partial charge in [-0.15, -0.1) is 11.3 Å². The molecule has 0 saturated carbocycles. The van der Waals surface area contributed by atoms with Crippen molar-refractivity contribution in [3.05, 3.63) is 40.7 Å². The third-order valence-corrected chi connectivity index (χ3v) is 3.41. The molecule has 3 N–H and O–H groups in total. The number of amides is 1. The summed E-state index contributed by atoms with van der Waals surface area (Å²) in [6.07, 6.45) is 0. The number of ether oxygens (including phenoxy) is 1. The zero-order valence-corrected chi connectivity index (χ0v) is 11.8. The van der Waals surface area contributed by atoms with E-state index >= 15 is 0 Å². The van der Waals surface area contributed by atoms with Crippen LogP contribution in [0.2, 0.25) is 0 Å². The van der Waals surface area contributed by atoms with E-state index in [1.54, 1.807) is 12.3 Å². The number of anilines is 1. The number of nitrogens with one attached hydrogen (secondary N) is 1. The van der Waals surface area contributed by atoms with Gasteiger partial charge in [0, 0.05) is 17.5 Å². The Morgan fingerprint density at radius 3 is 2.85 bits per heavy atom. The van der Waals surface area contributed by atoms with Gasteiger partial charge in [-0.2, -0.15) is 0 Å². The van der Waals surface area contributed by atoms with Gasteiger partial charge >= 0.3 is 0 Å². The Kier molecular flexibility index (Phi) is 4.31. The highest BCUT2D eigenvalue weighted by atomic mass is 32.1. The number of rotatable bonds is 4. The lowest BCUT2D eigenvalue weighted by atomic mass is 10.2. The Morgan fingerprint density at radius 2 is 2.30 bits per heavy atom. The fraction of sp³-hybridized carbons (Fsp3) is 0.231. The second-order valence-corrected chi connectivity index (χ2v) is 5.02. The third-order valence-electron chi connectivity index (χ3n) is 2.63. The summed E-state index contributed by atoms with van der Waals surface area (Å²) in [4.78, 5) is 16.1. The molecule has 2 aromatic rings. The Labute approximate surface area is 119 Å². The Morgan fingerprint density at radius 1 is 1.55 bits per heavy atom. The van der Waals surface area contributed by atoms with Crippen molar-refractivity contribution < 1.29 is 13.9 Å². The molecule has 0 spiro atoms. The number of halogens is 1. The molecule has 1 aromatic heterocycles. The molecule has 1 heterocycles. The number of hydrogen-bond acceptors (Lipinski definition) is 5. The number of methoxy groups -OCH3 is 1. The number of thiazole rings is 1. The molecule has 5 nitrogen and oxygen atoms in total. The molecule has 7 heteroatoms. The average Bonchev–Trinajstić information content (AvgIpc) is 2.87. The van der Waals surface area contributed by atoms with Crippen molar-refractivity contribution in [2.45, 2.75) is 13.0 Å². The molecular weight excluding hydrogens is 281 g/mol. The van der Waals surface area contributed by atoms with E-state index < -0.39 is 11.7 Å². The van der Waals surface area contributed by atoms with Crippen molar-refractivity contribution in [3.8, 4) is 5.75 Å². The molecule has 1 unspecified atom stereocenters. The Bertz CT molecular complexity index is 628. The van der Waals surface area contributed by atoms with Crippen LogP contribution < -0.4 is 15.8 Å². The molecule has 2 rings (SSSR count). The fourth-order valence-electron chi connectivity index (χ4n) is 1.52. The normalized spacial score (nSPS) is 12.0. The quantitative estimate of drug-likeness (QED) is 0.908. The molecule has 0 aliphatic carbocycles. The highest BCUT2D eigenvalue weighted by Crippen LogP contribution is 2.21. The van der Waals surface area contributed by atoms with Crippen LogP contribution >= 0.6 is 11.3 Å². The molecule has 0 bridgehead atoms. The minimum absolute atomic E-state index is 0.0663. The monoisotopic (exact) mass is 295 g/mol. The van der Waals surface area contributed by atoms with Crippen molar-refractivity contribution in [3.63, 3.8) is 0 Å². The van der Waals surface area contributed by atoms with Gasteiger partial charge in [0.25, 0.3) is 5.91 Å². The van der Waals surface area contributed by atoms with Crippen molar-refractivity contribution in [2.24, 2.45) is 5.73 Å². The maximum atomic E-state index is 13.7. The van der Waals surface area contributed by atoms with Gasteiger partial charge in [0.05, 0.1) is 18.4 Å². The maximum absolute atomic E-state index is 13.7. The number of carbonyl (C=O) groups is 1. The van der Waals surface area contributed by atoms with Crippen LogP contribution in [-0.2, 0) is 0 Å². The van der Waals surface area contributed by atoms with Crippen molar-refractivity contribution >= 4 is 22.4 Å². The first-order valence-corrected chi connectivity index (χ1v) is 6.75. The lowest BCUT2D eigenvalue weighted by Gasteiger charge is -2.05. The smallest absolute Gasteiger partial charge is 0.260 e. The van der Waals surface area contributed by atoms with Crippen LogP contribution in [0.1, 0.15) is 29.0 Å². The molecule has 0 aliphatic heterocycles. The molecule has 0 radical (unpaired) electrons. The van der Waals surface area contributed by atoms with Crippen LogP contribution in [0.15, 0.2) is 23.6 Å². The first-order chi connectivity index (χ1) is 9.51. The molecule has 106 valence electrons. The van der Waals surface area contributed by atoms with Gasteiger partial charge in [-0.25, -0.2) is 9.37 Å². The number of aromatic nitrogens is 1. The number of nitrogens with two attached hydrogens (primary N) is 1. The van der Waals surface area contributed by atoms with Crippen LogP contribution in [0.3, 0.4) is 0 Å². The average molecular weight is 295 g/mol. The first-order valence-electron chi connectivity index (χ1n) is 5.87. The van der Waals surface area contributed by atoms with Gasteiger partial charge in [-0.3, -0.25) is 10.1 Å². The minimum Gasteiger partial charge on any atom is -0.497 e. The highest BCUT2D eigenvalue weighted by molar-refractivity contribution is 7.14. The fourth-order valence-corrected chi connectivity index (χ4v) is 2.33. The molecule has 0 fully saturated rings. The van der Waals surface area contributed by atoms with Crippen LogP contribution in [0.25, 0.3) is 0 Å². The summed E-state index contributed by atoms with van der Waals surface area (Å²) < 4.78 is 18.6. The predicted molar refractivity (Wildman–Crippen MR) is 75.6 cm³/mol. The van der Waals surface area contributed by atoms with Crippen LogP contribution in [0.5, 0.6) is 5.75 Å². The van der Waals surface area contributed by atoms with Crippen LogP contribution in [-0.4, -0.2) is 18.0 Å². The van der Waals surface area contributed by atoms with E-state index in [-0.39, 0.29) is 11.6 Å².